The zero-order valence-corrected chi connectivity index (χ0v) is 10.8. The topological polar surface area (TPSA) is 48.4 Å². The molecular formula is C15H19NO2. The third kappa shape index (κ3) is 2.93. The molecule has 0 aliphatic rings. The van der Waals surface area contributed by atoms with Crippen molar-refractivity contribution in [1.29, 1.82) is 0 Å². The van der Waals surface area contributed by atoms with Crippen molar-refractivity contribution < 1.29 is 9.15 Å². The lowest BCUT2D eigenvalue weighted by molar-refractivity contribution is 0.411. The molecule has 2 aromatic rings. The molecule has 0 amide bonds. The van der Waals surface area contributed by atoms with Crippen LogP contribution in [0.2, 0.25) is 0 Å². The normalized spacial score (nSPS) is 12.4. The Labute approximate surface area is 108 Å². The molecule has 0 saturated heterocycles. The quantitative estimate of drug-likeness (QED) is 0.879. The van der Waals surface area contributed by atoms with Crippen LogP contribution in [0.15, 0.2) is 41.0 Å². The minimum atomic E-state index is 0.0275. The molecule has 1 atom stereocenters. The summed E-state index contributed by atoms with van der Waals surface area (Å²) < 4.78 is 10.5. The second-order valence-corrected chi connectivity index (χ2v) is 4.45. The van der Waals surface area contributed by atoms with Gasteiger partial charge in [-0.05, 0) is 42.7 Å². The summed E-state index contributed by atoms with van der Waals surface area (Å²) in [6.45, 7) is 2.03. The van der Waals surface area contributed by atoms with E-state index in [0.717, 1.165) is 35.5 Å². The van der Waals surface area contributed by atoms with Crippen molar-refractivity contribution in [1.82, 2.24) is 0 Å². The molecule has 1 unspecified atom stereocenters. The Hall–Kier alpha value is -1.74. The van der Waals surface area contributed by atoms with Crippen LogP contribution in [-0.4, -0.2) is 7.11 Å². The van der Waals surface area contributed by atoms with E-state index in [2.05, 4.69) is 6.07 Å². The summed E-state index contributed by atoms with van der Waals surface area (Å²) in [5.74, 6) is 1.88. The maximum absolute atomic E-state index is 6.19. The van der Waals surface area contributed by atoms with Gasteiger partial charge in [-0.25, -0.2) is 0 Å². The Morgan fingerprint density at radius 1 is 1.33 bits per heavy atom. The van der Waals surface area contributed by atoms with E-state index in [1.165, 1.54) is 0 Å². The lowest BCUT2D eigenvalue weighted by atomic mass is 10.00. The zero-order chi connectivity index (χ0) is 13.0. The van der Waals surface area contributed by atoms with Gasteiger partial charge in [0.15, 0.2) is 0 Å². The van der Waals surface area contributed by atoms with Crippen molar-refractivity contribution in [3.8, 4) is 5.75 Å². The molecular weight excluding hydrogens is 226 g/mol. The monoisotopic (exact) mass is 245 g/mol. The van der Waals surface area contributed by atoms with Gasteiger partial charge < -0.3 is 14.9 Å². The third-order valence-corrected chi connectivity index (χ3v) is 3.13. The lowest BCUT2D eigenvalue weighted by Gasteiger charge is -2.13. The second-order valence-electron chi connectivity index (χ2n) is 4.45. The highest BCUT2D eigenvalue weighted by molar-refractivity contribution is 5.37. The smallest absolute Gasteiger partial charge is 0.121 e. The van der Waals surface area contributed by atoms with Crippen LogP contribution in [0.4, 0.5) is 0 Å². The Kier molecular flexibility index (Phi) is 4.05. The van der Waals surface area contributed by atoms with Gasteiger partial charge in [0.05, 0.1) is 13.4 Å². The van der Waals surface area contributed by atoms with E-state index in [1.807, 2.05) is 31.2 Å². The number of methoxy groups -OCH3 is 1. The number of ether oxygens (including phenoxy) is 1. The van der Waals surface area contributed by atoms with Gasteiger partial charge in [0.2, 0.25) is 0 Å². The van der Waals surface area contributed by atoms with E-state index in [1.54, 1.807) is 13.4 Å². The fourth-order valence-corrected chi connectivity index (χ4v) is 2.05. The molecule has 3 heteroatoms. The second kappa shape index (κ2) is 5.74. The molecule has 0 spiro atoms. The first-order valence-corrected chi connectivity index (χ1v) is 6.13. The molecule has 1 aromatic carbocycles. The first kappa shape index (κ1) is 12.7. The number of benzene rings is 1. The predicted molar refractivity (Wildman–Crippen MR) is 71.7 cm³/mol. The van der Waals surface area contributed by atoms with E-state index in [4.69, 9.17) is 14.9 Å². The molecule has 0 fully saturated rings. The molecule has 3 nitrogen and oxygen atoms in total. The van der Waals surface area contributed by atoms with Crippen LogP contribution in [0.5, 0.6) is 5.75 Å². The Morgan fingerprint density at radius 3 is 2.78 bits per heavy atom. The van der Waals surface area contributed by atoms with E-state index < -0.39 is 0 Å². The molecule has 2 rings (SSSR count). The highest BCUT2D eigenvalue weighted by Gasteiger charge is 2.09. The van der Waals surface area contributed by atoms with Crippen LogP contribution >= 0.6 is 0 Å². The fraction of sp³-hybridized carbons (Fsp3) is 0.333. The molecule has 1 heterocycles. The first-order chi connectivity index (χ1) is 8.70. The minimum Gasteiger partial charge on any atom is -0.496 e. The molecule has 0 saturated carbocycles. The van der Waals surface area contributed by atoms with E-state index in [9.17, 15) is 0 Å². The minimum absolute atomic E-state index is 0.0275. The molecule has 96 valence electrons. The number of hydrogen-bond donors (Lipinski definition) is 1. The van der Waals surface area contributed by atoms with Crippen LogP contribution in [0.25, 0.3) is 0 Å². The van der Waals surface area contributed by atoms with E-state index in [0.29, 0.717) is 0 Å². The molecule has 1 aromatic heterocycles. The highest BCUT2D eigenvalue weighted by Crippen LogP contribution is 2.23. The van der Waals surface area contributed by atoms with Crippen molar-refractivity contribution in [3.05, 3.63) is 53.5 Å². The largest absolute Gasteiger partial charge is 0.496 e. The van der Waals surface area contributed by atoms with E-state index in [-0.39, 0.29) is 6.04 Å². The fourth-order valence-electron chi connectivity index (χ4n) is 2.05. The SMILES string of the molecule is COc1ccc(C(N)CCc2ccco2)cc1C. The van der Waals surface area contributed by atoms with Crippen molar-refractivity contribution in [2.24, 2.45) is 5.73 Å². The molecule has 0 aliphatic heterocycles. The average molecular weight is 245 g/mol. The number of hydrogen-bond acceptors (Lipinski definition) is 3. The molecule has 2 N–H and O–H groups in total. The highest BCUT2D eigenvalue weighted by atomic mass is 16.5. The van der Waals surface area contributed by atoms with Crippen molar-refractivity contribution >= 4 is 0 Å². The third-order valence-electron chi connectivity index (χ3n) is 3.13. The molecule has 18 heavy (non-hydrogen) atoms. The van der Waals surface area contributed by atoms with Crippen molar-refractivity contribution in [3.63, 3.8) is 0 Å². The Bertz CT molecular complexity index is 491. The van der Waals surface area contributed by atoms with Crippen molar-refractivity contribution in [2.45, 2.75) is 25.8 Å². The lowest BCUT2D eigenvalue weighted by Crippen LogP contribution is -2.11. The maximum Gasteiger partial charge on any atom is 0.121 e. The van der Waals surface area contributed by atoms with Crippen LogP contribution in [0.3, 0.4) is 0 Å². The van der Waals surface area contributed by atoms with Gasteiger partial charge in [0.1, 0.15) is 11.5 Å². The number of rotatable bonds is 5. The van der Waals surface area contributed by atoms with Gasteiger partial charge in [-0.3, -0.25) is 0 Å². The summed E-state index contributed by atoms with van der Waals surface area (Å²) in [5.41, 5.74) is 8.44. The van der Waals surface area contributed by atoms with Crippen LogP contribution in [-0.2, 0) is 6.42 Å². The number of furan rings is 1. The van der Waals surface area contributed by atoms with Crippen LogP contribution in [0.1, 0.15) is 29.3 Å². The van der Waals surface area contributed by atoms with Crippen LogP contribution < -0.4 is 10.5 Å². The van der Waals surface area contributed by atoms with Gasteiger partial charge in [-0.1, -0.05) is 12.1 Å². The average Bonchev–Trinajstić information content (AvgIpc) is 2.89. The van der Waals surface area contributed by atoms with Crippen molar-refractivity contribution in [2.75, 3.05) is 7.11 Å². The summed E-state index contributed by atoms with van der Waals surface area (Å²) in [4.78, 5) is 0. The summed E-state index contributed by atoms with van der Waals surface area (Å²) in [6, 6.07) is 9.99. The summed E-state index contributed by atoms with van der Waals surface area (Å²) in [5, 5.41) is 0. The Balaban J connectivity index is 2.00. The Morgan fingerprint density at radius 2 is 2.17 bits per heavy atom. The number of aryl methyl sites for hydroxylation is 2. The summed E-state index contributed by atoms with van der Waals surface area (Å²) in [7, 11) is 1.68. The zero-order valence-electron chi connectivity index (χ0n) is 10.8. The molecule has 0 aliphatic carbocycles. The summed E-state index contributed by atoms with van der Waals surface area (Å²) in [6.07, 6.45) is 3.43. The molecule has 0 bridgehead atoms. The summed E-state index contributed by atoms with van der Waals surface area (Å²) >= 11 is 0. The van der Waals surface area contributed by atoms with Gasteiger partial charge in [0.25, 0.3) is 0 Å². The van der Waals surface area contributed by atoms with Crippen LogP contribution in [0, 0.1) is 6.92 Å². The predicted octanol–water partition coefficient (Wildman–Crippen LogP) is 3.23. The van der Waals surface area contributed by atoms with E-state index >= 15 is 0 Å². The van der Waals surface area contributed by atoms with Gasteiger partial charge >= 0.3 is 0 Å². The van der Waals surface area contributed by atoms with Gasteiger partial charge in [-0.2, -0.15) is 0 Å². The number of nitrogens with two attached hydrogens (primary N) is 1. The first-order valence-electron chi connectivity index (χ1n) is 6.13. The maximum atomic E-state index is 6.19. The standard InChI is InChI=1S/C15H19NO2/c1-11-10-12(5-8-15(11)17-2)14(16)7-6-13-4-3-9-18-13/h3-5,8-10,14H,6-7,16H2,1-2H3. The van der Waals surface area contributed by atoms with Gasteiger partial charge in [0, 0.05) is 12.5 Å². The van der Waals surface area contributed by atoms with Gasteiger partial charge in [-0.15, -0.1) is 0 Å². The molecule has 0 radical (unpaired) electrons.